The van der Waals surface area contributed by atoms with E-state index < -0.39 is 6.10 Å². The highest BCUT2D eigenvalue weighted by Crippen LogP contribution is 2.15. The maximum atomic E-state index is 12.0. The highest BCUT2D eigenvalue weighted by molar-refractivity contribution is 5.84. The minimum absolute atomic E-state index is 0.0417. The van der Waals surface area contributed by atoms with E-state index in [4.69, 9.17) is 0 Å². The van der Waals surface area contributed by atoms with E-state index in [0.29, 0.717) is 5.82 Å². The van der Waals surface area contributed by atoms with E-state index in [0.717, 1.165) is 25.8 Å². The van der Waals surface area contributed by atoms with E-state index in [1.165, 1.54) is 6.33 Å². The summed E-state index contributed by atoms with van der Waals surface area (Å²) in [5, 5.41) is 14.1. The molecule has 5 nitrogen and oxygen atoms in total. The van der Waals surface area contributed by atoms with Crippen molar-refractivity contribution in [3.63, 3.8) is 0 Å². The molecule has 1 rings (SSSR count). The van der Waals surface area contributed by atoms with Crippen molar-refractivity contribution in [1.82, 2.24) is 14.8 Å². The Labute approximate surface area is 108 Å². The van der Waals surface area contributed by atoms with Crippen LogP contribution in [0.1, 0.15) is 45.9 Å². The monoisotopic (exact) mass is 253 g/mol. The lowest BCUT2D eigenvalue weighted by atomic mass is 9.92. The molecule has 0 saturated carbocycles. The van der Waals surface area contributed by atoms with Crippen LogP contribution in [-0.2, 0) is 17.8 Å². The van der Waals surface area contributed by atoms with Gasteiger partial charge in [-0.2, -0.15) is 5.10 Å². The van der Waals surface area contributed by atoms with E-state index in [2.05, 4.69) is 10.1 Å². The van der Waals surface area contributed by atoms with Crippen molar-refractivity contribution in [1.29, 1.82) is 0 Å². The number of aryl methyl sites for hydroxylation is 1. The zero-order valence-electron chi connectivity index (χ0n) is 11.5. The summed E-state index contributed by atoms with van der Waals surface area (Å²) in [6.45, 7) is 6.78. The van der Waals surface area contributed by atoms with Gasteiger partial charge in [-0.05, 0) is 12.3 Å². The summed E-state index contributed by atoms with van der Waals surface area (Å²) < 4.78 is 1.73. The molecule has 0 aliphatic rings. The van der Waals surface area contributed by atoms with Crippen LogP contribution in [0.5, 0.6) is 0 Å². The van der Waals surface area contributed by atoms with Gasteiger partial charge < -0.3 is 5.11 Å². The minimum Gasteiger partial charge on any atom is -0.385 e. The Balaban J connectivity index is 2.66. The molecule has 18 heavy (non-hydrogen) atoms. The van der Waals surface area contributed by atoms with E-state index in [-0.39, 0.29) is 18.1 Å². The van der Waals surface area contributed by atoms with Gasteiger partial charge in [-0.25, -0.2) is 9.67 Å². The second-order valence-corrected chi connectivity index (χ2v) is 4.56. The van der Waals surface area contributed by atoms with Crippen molar-refractivity contribution < 1.29 is 9.90 Å². The summed E-state index contributed by atoms with van der Waals surface area (Å²) in [5.74, 6) is 0.529. The molecule has 5 heteroatoms. The molecule has 0 spiro atoms. The summed E-state index contributed by atoms with van der Waals surface area (Å²) in [4.78, 5) is 16.1. The van der Waals surface area contributed by atoms with Crippen LogP contribution in [0, 0.1) is 5.92 Å². The number of hydrogen-bond acceptors (Lipinski definition) is 4. The number of aliphatic hydroxyl groups is 1. The molecule has 1 aromatic heterocycles. The number of ketones is 1. The molecule has 0 fully saturated rings. The number of hydrogen-bond donors (Lipinski definition) is 1. The number of aliphatic hydroxyl groups excluding tert-OH is 1. The first-order valence-electron chi connectivity index (χ1n) is 6.71. The fourth-order valence-corrected chi connectivity index (χ4v) is 2.08. The molecule has 0 aromatic carbocycles. The zero-order valence-corrected chi connectivity index (χ0v) is 11.5. The number of rotatable bonds is 8. The van der Waals surface area contributed by atoms with Crippen LogP contribution in [0.3, 0.4) is 0 Å². The third kappa shape index (κ3) is 3.63. The second kappa shape index (κ2) is 7.26. The van der Waals surface area contributed by atoms with Crippen molar-refractivity contribution >= 4 is 5.78 Å². The van der Waals surface area contributed by atoms with E-state index >= 15 is 0 Å². The topological polar surface area (TPSA) is 68.0 Å². The van der Waals surface area contributed by atoms with Crippen molar-refractivity contribution in [2.75, 3.05) is 0 Å². The van der Waals surface area contributed by atoms with Crippen LogP contribution < -0.4 is 0 Å². The lowest BCUT2D eigenvalue weighted by molar-refractivity contribution is -0.129. The number of Topliss-reactive ketones (excluding diaryl/α,β-unsaturated/α-hetero) is 1. The molecule has 1 heterocycles. The first-order valence-corrected chi connectivity index (χ1v) is 6.71. The molecular weight excluding hydrogens is 230 g/mol. The number of carbonyl (C=O) groups excluding carboxylic acids is 1. The molecule has 102 valence electrons. The van der Waals surface area contributed by atoms with Gasteiger partial charge >= 0.3 is 0 Å². The predicted molar refractivity (Wildman–Crippen MR) is 69.1 cm³/mol. The molecule has 1 N–H and O–H groups in total. The van der Waals surface area contributed by atoms with Gasteiger partial charge in [-0.1, -0.05) is 33.6 Å². The third-order valence-electron chi connectivity index (χ3n) is 3.29. The summed E-state index contributed by atoms with van der Waals surface area (Å²) in [5.41, 5.74) is 0. The SMILES string of the molecule is CCCn1ncnc1CC(=O)C(O)C(CC)CC. The largest absolute Gasteiger partial charge is 0.385 e. The van der Waals surface area contributed by atoms with Gasteiger partial charge in [0.15, 0.2) is 5.78 Å². The average molecular weight is 253 g/mol. The Bertz CT molecular complexity index is 372. The molecular formula is C13H23N3O2. The lowest BCUT2D eigenvalue weighted by Gasteiger charge is -2.18. The third-order valence-corrected chi connectivity index (χ3v) is 3.29. The number of carbonyl (C=O) groups is 1. The Kier molecular flexibility index (Phi) is 5.98. The summed E-state index contributed by atoms with van der Waals surface area (Å²) in [6.07, 6.45) is 3.31. The van der Waals surface area contributed by atoms with E-state index in [9.17, 15) is 9.90 Å². The normalized spacial score (nSPS) is 12.9. The summed E-state index contributed by atoms with van der Waals surface area (Å²) >= 11 is 0. The fourth-order valence-electron chi connectivity index (χ4n) is 2.08. The first kappa shape index (κ1) is 14.8. The number of nitrogens with zero attached hydrogens (tertiary/aromatic N) is 3. The fraction of sp³-hybridized carbons (Fsp3) is 0.769. The van der Waals surface area contributed by atoms with Crippen LogP contribution >= 0.6 is 0 Å². The van der Waals surface area contributed by atoms with Crippen LogP contribution in [0.2, 0.25) is 0 Å². The zero-order chi connectivity index (χ0) is 13.5. The smallest absolute Gasteiger partial charge is 0.169 e. The standard InChI is InChI=1S/C13H23N3O2/c1-4-7-16-12(14-9-15-16)8-11(17)13(18)10(5-2)6-3/h9-10,13,18H,4-8H2,1-3H3. The van der Waals surface area contributed by atoms with Gasteiger partial charge in [0.05, 0.1) is 6.42 Å². The van der Waals surface area contributed by atoms with Crippen molar-refractivity contribution in [3.05, 3.63) is 12.2 Å². The van der Waals surface area contributed by atoms with Crippen LogP contribution in [0.15, 0.2) is 6.33 Å². The molecule has 0 bridgehead atoms. The Morgan fingerprint density at radius 2 is 2.06 bits per heavy atom. The van der Waals surface area contributed by atoms with Gasteiger partial charge in [0.1, 0.15) is 18.3 Å². The Hall–Kier alpha value is -1.23. The molecule has 0 aliphatic heterocycles. The maximum absolute atomic E-state index is 12.0. The molecule has 0 radical (unpaired) electrons. The quantitative estimate of drug-likeness (QED) is 0.764. The van der Waals surface area contributed by atoms with Gasteiger partial charge in [0, 0.05) is 6.54 Å². The van der Waals surface area contributed by atoms with Gasteiger partial charge in [-0.15, -0.1) is 0 Å². The second-order valence-electron chi connectivity index (χ2n) is 4.56. The van der Waals surface area contributed by atoms with Crippen LogP contribution in [0.4, 0.5) is 0 Å². The highest BCUT2D eigenvalue weighted by atomic mass is 16.3. The highest BCUT2D eigenvalue weighted by Gasteiger charge is 2.24. The minimum atomic E-state index is -0.883. The summed E-state index contributed by atoms with van der Waals surface area (Å²) in [6, 6.07) is 0. The predicted octanol–water partition coefficient (Wildman–Crippen LogP) is 1.60. The van der Waals surface area contributed by atoms with Crippen molar-refractivity contribution in [2.24, 2.45) is 5.92 Å². The van der Waals surface area contributed by atoms with Crippen LogP contribution in [-0.4, -0.2) is 31.8 Å². The summed E-state index contributed by atoms with van der Waals surface area (Å²) in [7, 11) is 0. The Morgan fingerprint density at radius 3 is 2.61 bits per heavy atom. The van der Waals surface area contributed by atoms with Crippen molar-refractivity contribution in [2.45, 2.75) is 59.1 Å². The van der Waals surface area contributed by atoms with Gasteiger partial charge in [0.2, 0.25) is 0 Å². The maximum Gasteiger partial charge on any atom is 0.169 e. The van der Waals surface area contributed by atoms with E-state index in [1.54, 1.807) is 4.68 Å². The Morgan fingerprint density at radius 1 is 1.39 bits per heavy atom. The number of aromatic nitrogens is 3. The van der Waals surface area contributed by atoms with E-state index in [1.807, 2.05) is 20.8 Å². The molecule has 1 aromatic rings. The van der Waals surface area contributed by atoms with Gasteiger partial charge in [-0.3, -0.25) is 4.79 Å². The van der Waals surface area contributed by atoms with Crippen LogP contribution in [0.25, 0.3) is 0 Å². The van der Waals surface area contributed by atoms with Gasteiger partial charge in [0.25, 0.3) is 0 Å². The molecule has 1 unspecified atom stereocenters. The molecule has 1 atom stereocenters. The molecule has 0 aliphatic carbocycles. The lowest BCUT2D eigenvalue weighted by Crippen LogP contribution is -2.31. The van der Waals surface area contributed by atoms with Crippen molar-refractivity contribution in [3.8, 4) is 0 Å². The average Bonchev–Trinajstić information content (AvgIpc) is 2.78. The molecule has 0 amide bonds. The first-order chi connectivity index (χ1) is 8.63. The molecule has 0 saturated heterocycles.